The first kappa shape index (κ1) is 16.1. The van der Waals surface area contributed by atoms with E-state index in [2.05, 4.69) is 5.32 Å². The number of rotatable bonds is 5. The van der Waals surface area contributed by atoms with E-state index in [9.17, 15) is 22.3 Å². The third-order valence-electron chi connectivity index (χ3n) is 3.67. The van der Waals surface area contributed by atoms with E-state index in [0.717, 1.165) is 6.07 Å². The molecule has 21 heavy (non-hydrogen) atoms. The van der Waals surface area contributed by atoms with Crippen LogP contribution in [0.4, 0.5) is 14.5 Å². The van der Waals surface area contributed by atoms with Crippen LogP contribution in [0.15, 0.2) is 29.2 Å². The molecule has 1 aromatic rings. The standard InChI is InChI=1S/C13H17F2NO4S/c1-9-13(17,6-7-20-9)8-16-10-4-2-3-5-11(10)21(18,19)12(14)15/h2-5,9,12,16-17H,6-8H2,1H3. The number of benzene rings is 1. The smallest absolute Gasteiger partial charge is 0.341 e. The highest BCUT2D eigenvalue weighted by Gasteiger charge is 2.39. The summed E-state index contributed by atoms with van der Waals surface area (Å²) >= 11 is 0. The molecule has 0 amide bonds. The molecule has 5 nitrogen and oxygen atoms in total. The SMILES string of the molecule is CC1OCCC1(O)CNc1ccccc1S(=O)(=O)C(F)F. The molecule has 0 radical (unpaired) electrons. The van der Waals surface area contributed by atoms with Crippen LogP contribution in [0.1, 0.15) is 13.3 Å². The highest BCUT2D eigenvalue weighted by molar-refractivity contribution is 7.91. The van der Waals surface area contributed by atoms with Crippen molar-refractivity contribution in [1.29, 1.82) is 0 Å². The number of hydrogen-bond donors (Lipinski definition) is 2. The van der Waals surface area contributed by atoms with Gasteiger partial charge in [-0.25, -0.2) is 8.42 Å². The first-order valence-corrected chi connectivity index (χ1v) is 8.01. The molecule has 0 bridgehead atoms. The van der Waals surface area contributed by atoms with Crippen molar-refractivity contribution in [2.45, 2.75) is 35.7 Å². The van der Waals surface area contributed by atoms with Crippen molar-refractivity contribution in [2.75, 3.05) is 18.5 Å². The van der Waals surface area contributed by atoms with E-state index in [0.29, 0.717) is 13.0 Å². The van der Waals surface area contributed by atoms with Crippen molar-refractivity contribution in [1.82, 2.24) is 0 Å². The molecule has 1 aromatic carbocycles. The Kier molecular flexibility index (Phi) is 4.50. The van der Waals surface area contributed by atoms with E-state index < -0.39 is 32.2 Å². The highest BCUT2D eigenvalue weighted by atomic mass is 32.2. The van der Waals surface area contributed by atoms with Gasteiger partial charge in [0.05, 0.1) is 16.7 Å². The van der Waals surface area contributed by atoms with Gasteiger partial charge < -0.3 is 15.2 Å². The number of aliphatic hydroxyl groups is 1. The Morgan fingerprint density at radius 1 is 1.48 bits per heavy atom. The average Bonchev–Trinajstić information content (AvgIpc) is 2.77. The number of ether oxygens (including phenoxy) is 1. The first-order valence-electron chi connectivity index (χ1n) is 6.46. The lowest BCUT2D eigenvalue weighted by molar-refractivity contribution is -0.0176. The maximum absolute atomic E-state index is 12.7. The molecule has 0 saturated carbocycles. The van der Waals surface area contributed by atoms with Gasteiger partial charge in [0.15, 0.2) is 0 Å². The van der Waals surface area contributed by atoms with E-state index in [1.165, 1.54) is 18.2 Å². The maximum Gasteiger partial charge on any atom is 0.341 e. The number of para-hydroxylation sites is 1. The monoisotopic (exact) mass is 321 g/mol. The molecule has 1 aliphatic heterocycles. The summed E-state index contributed by atoms with van der Waals surface area (Å²) in [7, 11) is -4.70. The third-order valence-corrected chi connectivity index (χ3v) is 5.11. The number of anilines is 1. The normalized spacial score (nSPS) is 26.2. The van der Waals surface area contributed by atoms with Crippen LogP contribution in [0.5, 0.6) is 0 Å². The topological polar surface area (TPSA) is 75.6 Å². The van der Waals surface area contributed by atoms with Crippen LogP contribution >= 0.6 is 0 Å². The molecular formula is C13H17F2NO4S. The molecular weight excluding hydrogens is 304 g/mol. The summed E-state index contributed by atoms with van der Waals surface area (Å²) in [6.07, 6.45) is -0.0193. The van der Waals surface area contributed by atoms with Crippen LogP contribution in [-0.2, 0) is 14.6 Å². The average molecular weight is 321 g/mol. The summed E-state index contributed by atoms with van der Waals surface area (Å²) in [5.74, 6) is -3.49. The second-order valence-electron chi connectivity index (χ2n) is 5.02. The number of alkyl halides is 2. The van der Waals surface area contributed by atoms with Crippen molar-refractivity contribution in [3.8, 4) is 0 Å². The molecule has 0 aromatic heterocycles. The summed E-state index contributed by atoms with van der Waals surface area (Å²) in [5, 5.41) is 13.1. The molecule has 0 spiro atoms. The fourth-order valence-electron chi connectivity index (χ4n) is 2.21. The molecule has 0 aliphatic carbocycles. The third kappa shape index (κ3) is 3.17. The first-order chi connectivity index (χ1) is 9.77. The second kappa shape index (κ2) is 5.86. The second-order valence-corrected chi connectivity index (χ2v) is 6.91. The van der Waals surface area contributed by atoms with Crippen LogP contribution in [0.3, 0.4) is 0 Å². The molecule has 2 atom stereocenters. The number of sulfone groups is 1. The van der Waals surface area contributed by atoms with E-state index in [-0.39, 0.29) is 12.2 Å². The molecule has 1 saturated heterocycles. The molecule has 2 unspecified atom stereocenters. The van der Waals surface area contributed by atoms with Gasteiger partial charge in [0.2, 0.25) is 9.84 Å². The molecule has 2 N–H and O–H groups in total. The molecule has 1 fully saturated rings. The van der Waals surface area contributed by atoms with Crippen molar-refractivity contribution < 1.29 is 27.0 Å². The van der Waals surface area contributed by atoms with E-state index in [1.807, 2.05) is 0 Å². The molecule has 1 heterocycles. The van der Waals surface area contributed by atoms with E-state index >= 15 is 0 Å². The van der Waals surface area contributed by atoms with Crippen LogP contribution in [0, 0.1) is 0 Å². The van der Waals surface area contributed by atoms with E-state index in [1.54, 1.807) is 6.92 Å². The fraction of sp³-hybridized carbons (Fsp3) is 0.538. The number of halogens is 2. The van der Waals surface area contributed by atoms with Crippen molar-refractivity contribution in [2.24, 2.45) is 0 Å². The van der Waals surface area contributed by atoms with Crippen molar-refractivity contribution >= 4 is 15.5 Å². The Morgan fingerprint density at radius 3 is 2.71 bits per heavy atom. The van der Waals surface area contributed by atoms with Gasteiger partial charge in [-0.3, -0.25) is 0 Å². The van der Waals surface area contributed by atoms with Gasteiger partial charge in [0, 0.05) is 19.6 Å². The Hall–Kier alpha value is -1.25. The lowest BCUT2D eigenvalue weighted by atomic mass is 9.96. The summed E-state index contributed by atoms with van der Waals surface area (Å²) in [6.45, 7) is 2.12. The minimum Gasteiger partial charge on any atom is -0.385 e. The Labute approximate surface area is 121 Å². The van der Waals surface area contributed by atoms with Gasteiger partial charge >= 0.3 is 5.76 Å². The quantitative estimate of drug-likeness (QED) is 0.862. The zero-order chi connectivity index (χ0) is 15.7. The minimum absolute atomic E-state index is 0.0178. The van der Waals surface area contributed by atoms with Gasteiger partial charge in [-0.2, -0.15) is 8.78 Å². The predicted octanol–water partition coefficient (Wildman–Crippen LogP) is 1.63. The molecule has 2 rings (SSSR count). The van der Waals surface area contributed by atoms with Crippen molar-refractivity contribution in [3.63, 3.8) is 0 Å². The van der Waals surface area contributed by atoms with Crippen LogP contribution in [-0.4, -0.2) is 44.1 Å². The highest BCUT2D eigenvalue weighted by Crippen LogP contribution is 2.29. The molecule has 118 valence electrons. The summed E-state index contributed by atoms with van der Waals surface area (Å²) < 4.78 is 53.8. The lowest BCUT2D eigenvalue weighted by Gasteiger charge is -2.27. The van der Waals surface area contributed by atoms with Crippen LogP contribution in [0.25, 0.3) is 0 Å². The Balaban J connectivity index is 2.22. The minimum atomic E-state index is -4.70. The lowest BCUT2D eigenvalue weighted by Crippen LogP contribution is -2.43. The molecule has 1 aliphatic rings. The molecule has 8 heteroatoms. The van der Waals surface area contributed by atoms with Crippen molar-refractivity contribution in [3.05, 3.63) is 24.3 Å². The summed E-state index contributed by atoms with van der Waals surface area (Å²) in [4.78, 5) is -0.477. The predicted molar refractivity (Wildman–Crippen MR) is 73.1 cm³/mol. The maximum atomic E-state index is 12.7. The summed E-state index contributed by atoms with van der Waals surface area (Å²) in [6, 6.07) is 5.41. The van der Waals surface area contributed by atoms with Gasteiger partial charge in [-0.1, -0.05) is 12.1 Å². The van der Waals surface area contributed by atoms with Gasteiger partial charge in [-0.05, 0) is 19.1 Å². The largest absolute Gasteiger partial charge is 0.385 e. The number of nitrogens with one attached hydrogen (secondary N) is 1. The van der Waals surface area contributed by atoms with Gasteiger partial charge in [-0.15, -0.1) is 0 Å². The van der Waals surface area contributed by atoms with Crippen LogP contribution < -0.4 is 5.32 Å². The Bertz CT molecular complexity index is 608. The Morgan fingerprint density at radius 2 is 2.14 bits per heavy atom. The zero-order valence-electron chi connectivity index (χ0n) is 11.4. The summed E-state index contributed by atoms with van der Waals surface area (Å²) in [5.41, 5.74) is -1.10. The number of hydrogen-bond acceptors (Lipinski definition) is 5. The van der Waals surface area contributed by atoms with Gasteiger partial charge in [0.1, 0.15) is 5.60 Å². The van der Waals surface area contributed by atoms with Gasteiger partial charge in [0.25, 0.3) is 0 Å². The zero-order valence-corrected chi connectivity index (χ0v) is 12.2. The van der Waals surface area contributed by atoms with Crippen LogP contribution in [0.2, 0.25) is 0 Å². The van der Waals surface area contributed by atoms with E-state index in [4.69, 9.17) is 4.74 Å². The fourth-order valence-corrected chi connectivity index (χ4v) is 3.11.